The lowest BCUT2D eigenvalue weighted by atomic mass is 9.70. The molecule has 1 N–H and O–H groups in total. The lowest BCUT2D eigenvalue weighted by Gasteiger charge is -2.50. The summed E-state index contributed by atoms with van der Waals surface area (Å²) >= 11 is 0. The topological polar surface area (TPSA) is 24.5 Å². The predicted octanol–water partition coefficient (Wildman–Crippen LogP) is 2.80. The number of ether oxygens (including phenoxy) is 1. The molecule has 4 unspecified atom stereocenters. The quantitative estimate of drug-likeness (QED) is 0.857. The van der Waals surface area contributed by atoms with Crippen molar-refractivity contribution in [2.75, 3.05) is 19.6 Å². The van der Waals surface area contributed by atoms with Crippen LogP contribution in [-0.2, 0) is 4.74 Å². The molecule has 3 fully saturated rings. The van der Waals surface area contributed by atoms with Gasteiger partial charge in [0.1, 0.15) is 0 Å². The molecule has 3 nitrogen and oxygen atoms in total. The van der Waals surface area contributed by atoms with Gasteiger partial charge >= 0.3 is 0 Å². The highest BCUT2D eigenvalue weighted by Crippen LogP contribution is 2.39. The Hall–Kier alpha value is -0.120. The van der Waals surface area contributed by atoms with Crippen molar-refractivity contribution in [2.45, 2.75) is 83.6 Å². The Labute approximate surface area is 124 Å². The average molecular weight is 280 g/mol. The van der Waals surface area contributed by atoms with Crippen LogP contribution in [0.2, 0.25) is 0 Å². The molecule has 0 aromatic rings. The number of rotatable bonds is 4. The number of hydrogen-bond donors (Lipinski definition) is 1. The number of nitrogens with zero attached hydrogens (tertiary/aromatic N) is 1. The first-order valence-electron chi connectivity index (χ1n) is 8.73. The highest BCUT2D eigenvalue weighted by Gasteiger charge is 2.44. The van der Waals surface area contributed by atoms with Crippen LogP contribution in [0.15, 0.2) is 0 Å². The Kier molecular flexibility index (Phi) is 4.40. The SMILES string of the molecule is CCCNC1C(N2CC3CCC(C2)O3)CCCC1(C)C. The molecular formula is C17H32N2O. The van der Waals surface area contributed by atoms with Crippen molar-refractivity contribution < 1.29 is 4.74 Å². The second kappa shape index (κ2) is 5.94. The van der Waals surface area contributed by atoms with E-state index in [4.69, 9.17) is 4.74 Å². The van der Waals surface area contributed by atoms with Gasteiger partial charge in [-0.3, -0.25) is 4.90 Å². The maximum atomic E-state index is 6.02. The van der Waals surface area contributed by atoms with Crippen LogP contribution in [0.5, 0.6) is 0 Å². The van der Waals surface area contributed by atoms with Crippen LogP contribution in [0.1, 0.15) is 59.3 Å². The van der Waals surface area contributed by atoms with Crippen LogP contribution in [0.3, 0.4) is 0 Å². The average Bonchev–Trinajstić information content (AvgIpc) is 2.75. The monoisotopic (exact) mass is 280 g/mol. The molecule has 1 saturated carbocycles. The summed E-state index contributed by atoms with van der Waals surface area (Å²) < 4.78 is 6.02. The fraction of sp³-hybridized carbons (Fsp3) is 1.00. The Morgan fingerprint density at radius 1 is 1.15 bits per heavy atom. The first-order chi connectivity index (χ1) is 9.60. The summed E-state index contributed by atoms with van der Waals surface area (Å²) in [6, 6.07) is 1.37. The van der Waals surface area contributed by atoms with E-state index in [1.807, 2.05) is 0 Å². The Balaban J connectivity index is 1.71. The minimum absolute atomic E-state index is 0.426. The van der Waals surface area contributed by atoms with Crippen molar-refractivity contribution in [1.29, 1.82) is 0 Å². The van der Waals surface area contributed by atoms with Crippen molar-refractivity contribution in [2.24, 2.45) is 5.41 Å². The maximum Gasteiger partial charge on any atom is 0.0707 e. The zero-order chi connectivity index (χ0) is 14.2. The van der Waals surface area contributed by atoms with Crippen LogP contribution in [0.4, 0.5) is 0 Å². The molecule has 3 rings (SSSR count). The molecule has 1 aliphatic carbocycles. The molecule has 116 valence electrons. The third-order valence-electron chi connectivity index (χ3n) is 5.70. The minimum atomic E-state index is 0.426. The van der Waals surface area contributed by atoms with Crippen LogP contribution in [0, 0.1) is 5.41 Å². The summed E-state index contributed by atoms with van der Waals surface area (Å²) in [4.78, 5) is 2.76. The van der Waals surface area contributed by atoms with E-state index in [0.717, 1.165) is 12.6 Å². The maximum absolute atomic E-state index is 6.02. The van der Waals surface area contributed by atoms with Gasteiger partial charge in [0.15, 0.2) is 0 Å². The van der Waals surface area contributed by atoms with E-state index in [1.165, 1.54) is 51.6 Å². The molecule has 2 aliphatic heterocycles. The predicted molar refractivity (Wildman–Crippen MR) is 83.0 cm³/mol. The van der Waals surface area contributed by atoms with E-state index in [-0.39, 0.29) is 0 Å². The second-order valence-electron chi connectivity index (χ2n) is 7.79. The molecule has 0 amide bonds. The summed E-state index contributed by atoms with van der Waals surface area (Å²) in [5, 5.41) is 3.88. The Morgan fingerprint density at radius 3 is 2.50 bits per heavy atom. The minimum Gasteiger partial charge on any atom is -0.372 e. The summed E-state index contributed by atoms with van der Waals surface area (Å²) in [5.41, 5.74) is 0.426. The summed E-state index contributed by atoms with van der Waals surface area (Å²) in [6.07, 6.45) is 8.94. The van der Waals surface area contributed by atoms with E-state index >= 15 is 0 Å². The van der Waals surface area contributed by atoms with Gasteiger partial charge in [0.2, 0.25) is 0 Å². The molecule has 20 heavy (non-hydrogen) atoms. The molecule has 0 spiro atoms. The van der Waals surface area contributed by atoms with Crippen LogP contribution in [0.25, 0.3) is 0 Å². The van der Waals surface area contributed by atoms with E-state index in [9.17, 15) is 0 Å². The molecule has 4 atom stereocenters. The fourth-order valence-corrected chi connectivity index (χ4v) is 4.63. The Morgan fingerprint density at radius 2 is 1.85 bits per heavy atom. The first-order valence-corrected chi connectivity index (χ1v) is 8.73. The fourth-order valence-electron chi connectivity index (χ4n) is 4.63. The number of nitrogens with one attached hydrogen (secondary N) is 1. The second-order valence-corrected chi connectivity index (χ2v) is 7.79. The van der Waals surface area contributed by atoms with Gasteiger partial charge < -0.3 is 10.1 Å². The zero-order valence-corrected chi connectivity index (χ0v) is 13.5. The van der Waals surface area contributed by atoms with Crippen LogP contribution in [-0.4, -0.2) is 48.8 Å². The molecule has 0 aromatic heterocycles. The van der Waals surface area contributed by atoms with Gasteiger partial charge in [-0.15, -0.1) is 0 Å². The molecule has 0 radical (unpaired) electrons. The van der Waals surface area contributed by atoms with Crippen molar-refractivity contribution >= 4 is 0 Å². The summed E-state index contributed by atoms with van der Waals surface area (Å²) in [6.45, 7) is 10.7. The highest BCUT2D eigenvalue weighted by molar-refractivity contribution is 5.00. The van der Waals surface area contributed by atoms with Gasteiger partial charge in [0, 0.05) is 25.2 Å². The van der Waals surface area contributed by atoms with Crippen molar-refractivity contribution in [1.82, 2.24) is 10.2 Å². The molecule has 2 bridgehead atoms. The third kappa shape index (κ3) is 2.90. The molecule has 3 aliphatic rings. The van der Waals surface area contributed by atoms with Crippen LogP contribution < -0.4 is 5.32 Å². The number of fused-ring (bicyclic) bond motifs is 2. The highest BCUT2D eigenvalue weighted by atomic mass is 16.5. The smallest absolute Gasteiger partial charge is 0.0707 e. The van der Waals surface area contributed by atoms with Gasteiger partial charge in [0.05, 0.1) is 12.2 Å². The van der Waals surface area contributed by atoms with Crippen LogP contribution >= 0.6 is 0 Å². The van der Waals surface area contributed by atoms with Crippen molar-refractivity contribution in [3.05, 3.63) is 0 Å². The van der Waals surface area contributed by atoms with Gasteiger partial charge in [-0.05, 0) is 44.1 Å². The van der Waals surface area contributed by atoms with Gasteiger partial charge in [-0.25, -0.2) is 0 Å². The number of hydrogen-bond acceptors (Lipinski definition) is 3. The molecule has 2 saturated heterocycles. The van der Waals surface area contributed by atoms with Gasteiger partial charge in [-0.2, -0.15) is 0 Å². The van der Waals surface area contributed by atoms with Gasteiger partial charge in [-0.1, -0.05) is 27.2 Å². The largest absolute Gasteiger partial charge is 0.372 e. The lowest BCUT2D eigenvalue weighted by molar-refractivity contribution is -0.0729. The van der Waals surface area contributed by atoms with Crippen molar-refractivity contribution in [3.8, 4) is 0 Å². The van der Waals surface area contributed by atoms with E-state index in [0.29, 0.717) is 23.7 Å². The lowest BCUT2D eigenvalue weighted by Crippen LogP contribution is -2.61. The molecule has 2 heterocycles. The Bertz CT molecular complexity index is 319. The first kappa shape index (κ1) is 14.8. The van der Waals surface area contributed by atoms with E-state index in [2.05, 4.69) is 31.0 Å². The summed E-state index contributed by atoms with van der Waals surface area (Å²) in [7, 11) is 0. The number of likely N-dealkylation sites (tertiary alicyclic amines) is 1. The molecule has 3 heteroatoms. The van der Waals surface area contributed by atoms with Gasteiger partial charge in [0.25, 0.3) is 0 Å². The standard InChI is InChI=1S/C17H32N2O/c1-4-10-18-16-15(6-5-9-17(16,2)3)19-11-13-7-8-14(12-19)20-13/h13-16,18H,4-12H2,1-3H3. The molecular weight excluding hydrogens is 248 g/mol. The van der Waals surface area contributed by atoms with E-state index < -0.39 is 0 Å². The zero-order valence-electron chi connectivity index (χ0n) is 13.5. The van der Waals surface area contributed by atoms with Crippen molar-refractivity contribution in [3.63, 3.8) is 0 Å². The molecule has 0 aromatic carbocycles. The third-order valence-corrected chi connectivity index (χ3v) is 5.70. The normalized spacial score (nSPS) is 41.0. The summed E-state index contributed by atoms with van der Waals surface area (Å²) in [5.74, 6) is 0. The van der Waals surface area contributed by atoms with E-state index in [1.54, 1.807) is 0 Å². The number of morpholine rings is 1.